The van der Waals surface area contributed by atoms with E-state index in [-0.39, 0.29) is 30.4 Å². The molecule has 0 saturated carbocycles. The lowest BCUT2D eigenvalue weighted by molar-refractivity contribution is -0.135. The number of hydrogen-bond donors (Lipinski definition) is 3. The molecular formula is C25H33FN6O6. The fourth-order valence-electron chi connectivity index (χ4n) is 5.02. The van der Waals surface area contributed by atoms with E-state index < -0.39 is 35.7 Å². The number of ether oxygens (including phenoxy) is 1. The number of hydrogen-bond acceptors (Lipinski definition) is 8. The van der Waals surface area contributed by atoms with Crippen LogP contribution in [0.4, 0.5) is 14.9 Å². The minimum Gasteiger partial charge on any atom is -0.446 e. The number of primary amides is 1. The molecule has 0 aliphatic carbocycles. The summed E-state index contributed by atoms with van der Waals surface area (Å²) < 4.78 is 20.3. The third-order valence-electron chi connectivity index (χ3n) is 7.20. The molecule has 3 aliphatic heterocycles. The Morgan fingerprint density at radius 1 is 1.05 bits per heavy atom. The van der Waals surface area contributed by atoms with E-state index in [1.807, 2.05) is 4.90 Å². The number of nitrogens with one attached hydrogen (secondary N) is 2. The SMILES string of the molecule is NC(=O)OC1CCN(C(=O)CCN2CCN(c3cccc(C(=O)NC4CCC(=O)NC4=O)c3F)CC2)CC1. The molecule has 0 spiro atoms. The molecular weight excluding hydrogens is 499 g/mol. The Kier molecular flexibility index (Phi) is 8.77. The maximum Gasteiger partial charge on any atom is 0.404 e. The molecule has 5 amide bonds. The molecule has 1 unspecified atom stereocenters. The maximum absolute atomic E-state index is 15.3. The van der Waals surface area contributed by atoms with E-state index in [2.05, 4.69) is 15.5 Å². The molecule has 0 bridgehead atoms. The van der Waals surface area contributed by atoms with E-state index >= 15 is 4.39 Å². The van der Waals surface area contributed by atoms with E-state index in [0.29, 0.717) is 70.8 Å². The molecule has 1 atom stereocenters. The van der Waals surface area contributed by atoms with Crippen molar-refractivity contribution >= 4 is 35.4 Å². The van der Waals surface area contributed by atoms with Crippen LogP contribution in [-0.2, 0) is 19.1 Å². The Morgan fingerprint density at radius 3 is 2.42 bits per heavy atom. The van der Waals surface area contributed by atoms with Crippen molar-refractivity contribution in [1.29, 1.82) is 0 Å². The van der Waals surface area contributed by atoms with Gasteiger partial charge in [0.25, 0.3) is 5.91 Å². The van der Waals surface area contributed by atoms with Crippen molar-refractivity contribution in [2.45, 2.75) is 44.2 Å². The largest absolute Gasteiger partial charge is 0.446 e. The number of carbonyl (C=O) groups is 5. The predicted octanol–water partition coefficient (Wildman–Crippen LogP) is -0.0409. The van der Waals surface area contributed by atoms with Gasteiger partial charge in [0.1, 0.15) is 12.1 Å². The minimum atomic E-state index is -0.885. The van der Waals surface area contributed by atoms with Gasteiger partial charge >= 0.3 is 6.09 Å². The molecule has 12 nitrogen and oxygen atoms in total. The maximum atomic E-state index is 15.3. The summed E-state index contributed by atoms with van der Waals surface area (Å²) >= 11 is 0. The summed E-state index contributed by atoms with van der Waals surface area (Å²) in [5.41, 5.74) is 5.20. The summed E-state index contributed by atoms with van der Waals surface area (Å²) in [6.07, 6.45) is 0.755. The van der Waals surface area contributed by atoms with E-state index in [1.54, 1.807) is 17.0 Å². The molecule has 4 rings (SSSR count). The van der Waals surface area contributed by atoms with Gasteiger partial charge < -0.3 is 25.6 Å². The Labute approximate surface area is 219 Å². The Bertz CT molecular complexity index is 1080. The second-order valence-corrected chi connectivity index (χ2v) is 9.71. The van der Waals surface area contributed by atoms with Crippen molar-refractivity contribution in [2.24, 2.45) is 5.73 Å². The number of nitrogens with zero attached hydrogens (tertiary/aromatic N) is 3. The van der Waals surface area contributed by atoms with Crippen LogP contribution in [0.5, 0.6) is 0 Å². The van der Waals surface area contributed by atoms with Crippen LogP contribution in [0, 0.1) is 5.82 Å². The van der Waals surface area contributed by atoms with Crippen LogP contribution in [0.15, 0.2) is 18.2 Å². The number of benzene rings is 1. The first-order valence-electron chi connectivity index (χ1n) is 12.9. The molecule has 38 heavy (non-hydrogen) atoms. The zero-order chi connectivity index (χ0) is 27.2. The van der Waals surface area contributed by atoms with Gasteiger partial charge in [-0.1, -0.05) is 6.07 Å². The quantitative estimate of drug-likeness (QED) is 0.414. The van der Waals surface area contributed by atoms with Gasteiger partial charge in [-0.3, -0.25) is 29.4 Å². The lowest BCUT2D eigenvalue weighted by Crippen LogP contribution is -2.52. The summed E-state index contributed by atoms with van der Waals surface area (Å²) in [5.74, 6) is -2.31. The van der Waals surface area contributed by atoms with E-state index in [0.717, 1.165) is 0 Å². The zero-order valence-corrected chi connectivity index (χ0v) is 21.1. The normalized spacial score (nSPS) is 21.1. The molecule has 3 heterocycles. The number of imide groups is 1. The number of piperidine rings is 2. The average Bonchev–Trinajstić information content (AvgIpc) is 2.89. The summed E-state index contributed by atoms with van der Waals surface area (Å²) in [6.45, 7) is 3.95. The molecule has 3 fully saturated rings. The van der Waals surface area contributed by atoms with Crippen LogP contribution >= 0.6 is 0 Å². The van der Waals surface area contributed by atoms with Gasteiger partial charge in [-0.15, -0.1) is 0 Å². The number of carbonyl (C=O) groups excluding carboxylic acids is 5. The third kappa shape index (κ3) is 6.77. The van der Waals surface area contributed by atoms with Crippen molar-refractivity contribution in [1.82, 2.24) is 20.4 Å². The monoisotopic (exact) mass is 532 g/mol. The molecule has 206 valence electrons. The topological polar surface area (TPSA) is 154 Å². The van der Waals surface area contributed by atoms with Gasteiger partial charge in [0, 0.05) is 71.5 Å². The second kappa shape index (κ2) is 12.2. The highest BCUT2D eigenvalue weighted by Gasteiger charge is 2.30. The molecule has 0 aromatic heterocycles. The molecule has 4 N–H and O–H groups in total. The smallest absolute Gasteiger partial charge is 0.404 e. The Morgan fingerprint density at radius 2 is 1.76 bits per heavy atom. The fourth-order valence-corrected chi connectivity index (χ4v) is 5.02. The van der Waals surface area contributed by atoms with Gasteiger partial charge in [-0.25, -0.2) is 9.18 Å². The molecule has 3 aliphatic rings. The van der Waals surface area contributed by atoms with Crippen LogP contribution in [0.2, 0.25) is 0 Å². The van der Waals surface area contributed by atoms with Crippen LogP contribution in [0.1, 0.15) is 42.5 Å². The van der Waals surface area contributed by atoms with Gasteiger partial charge in [0.05, 0.1) is 11.3 Å². The van der Waals surface area contributed by atoms with E-state index in [4.69, 9.17) is 10.5 Å². The number of likely N-dealkylation sites (tertiary alicyclic amines) is 1. The summed E-state index contributed by atoms with van der Waals surface area (Å²) in [4.78, 5) is 65.2. The summed E-state index contributed by atoms with van der Waals surface area (Å²) in [6, 6.07) is 3.69. The molecule has 13 heteroatoms. The van der Waals surface area contributed by atoms with Crippen molar-refractivity contribution in [3.05, 3.63) is 29.6 Å². The van der Waals surface area contributed by atoms with Crippen LogP contribution in [0.3, 0.4) is 0 Å². The number of nitrogens with two attached hydrogens (primary N) is 1. The lowest BCUT2D eigenvalue weighted by atomic mass is 10.0. The van der Waals surface area contributed by atoms with Gasteiger partial charge in [0.2, 0.25) is 17.7 Å². The first-order chi connectivity index (χ1) is 18.2. The van der Waals surface area contributed by atoms with Gasteiger partial charge in [-0.05, 0) is 18.6 Å². The van der Waals surface area contributed by atoms with Crippen LogP contribution in [-0.4, -0.2) is 97.5 Å². The summed E-state index contributed by atoms with van der Waals surface area (Å²) in [5, 5.41) is 4.68. The third-order valence-corrected chi connectivity index (χ3v) is 7.20. The standard InChI is InChI=1S/C25H33FN6O6/c26-22-17(23(35)28-18-4-5-20(33)29-24(18)36)2-1-3-19(22)31-14-12-30(13-15-31)9-8-21(34)32-10-6-16(7-11-32)38-25(27)37/h1-3,16,18H,4-15H2,(H2,27,37)(H,28,35)(H,29,33,36). The molecule has 0 radical (unpaired) electrons. The van der Waals surface area contributed by atoms with Crippen LogP contribution < -0.4 is 21.3 Å². The number of amides is 5. The van der Waals surface area contributed by atoms with Gasteiger partial charge in [0.15, 0.2) is 5.82 Å². The Hall–Kier alpha value is -3.74. The predicted molar refractivity (Wildman–Crippen MR) is 134 cm³/mol. The minimum absolute atomic E-state index is 0.0470. The Balaban J connectivity index is 1.24. The van der Waals surface area contributed by atoms with Crippen LogP contribution in [0.25, 0.3) is 0 Å². The van der Waals surface area contributed by atoms with Crippen molar-refractivity contribution in [3.63, 3.8) is 0 Å². The first-order valence-corrected chi connectivity index (χ1v) is 12.9. The highest BCUT2D eigenvalue weighted by Crippen LogP contribution is 2.24. The highest BCUT2D eigenvalue weighted by molar-refractivity contribution is 6.04. The molecule has 1 aromatic carbocycles. The fraction of sp³-hybridized carbons (Fsp3) is 0.560. The number of rotatable bonds is 7. The number of anilines is 1. The summed E-state index contributed by atoms with van der Waals surface area (Å²) in [7, 11) is 0. The van der Waals surface area contributed by atoms with Gasteiger partial charge in [-0.2, -0.15) is 0 Å². The first kappa shape index (κ1) is 27.3. The highest BCUT2D eigenvalue weighted by atomic mass is 19.1. The van der Waals surface area contributed by atoms with E-state index in [1.165, 1.54) is 6.07 Å². The average molecular weight is 533 g/mol. The number of halogens is 1. The lowest BCUT2D eigenvalue weighted by Gasteiger charge is -2.37. The van der Waals surface area contributed by atoms with Crippen molar-refractivity contribution in [2.75, 3.05) is 50.7 Å². The van der Waals surface area contributed by atoms with Crippen molar-refractivity contribution in [3.8, 4) is 0 Å². The zero-order valence-electron chi connectivity index (χ0n) is 21.1. The second-order valence-electron chi connectivity index (χ2n) is 9.71. The molecule has 3 saturated heterocycles. The van der Waals surface area contributed by atoms with Crippen molar-refractivity contribution < 1.29 is 33.1 Å². The van der Waals surface area contributed by atoms with E-state index in [9.17, 15) is 24.0 Å². The number of piperazine rings is 1. The molecule has 1 aromatic rings.